The molecule has 0 radical (unpaired) electrons. The first kappa shape index (κ1) is 23.6. The van der Waals surface area contributed by atoms with Gasteiger partial charge in [-0.15, -0.1) is 0 Å². The summed E-state index contributed by atoms with van der Waals surface area (Å²) in [5.74, 6) is -1.92. The fourth-order valence-corrected chi connectivity index (χ4v) is 5.80. The molecule has 0 bridgehead atoms. The summed E-state index contributed by atoms with van der Waals surface area (Å²) >= 11 is 0. The summed E-state index contributed by atoms with van der Waals surface area (Å²) in [5, 5.41) is 2.43. The number of rotatable bonds is 5. The smallest absolute Gasteiger partial charge is 0.334 e. The molecule has 0 aromatic heterocycles. The predicted octanol–water partition coefficient (Wildman–Crippen LogP) is -0.0240. The van der Waals surface area contributed by atoms with Crippen LogP contribution in [0.3, 0.4) is 0 Å². The Morgan fingerprint density at radius 3 is 2.29 bits per heavy atom. The van der Waals surface area contributed by atoms with Gasteiger partial charge in [0, 0.05) is 32.2 Å². The second-order valence-corrected chi connectivity index (χ2v) is 10.9. The van der Waals surface area contributed by atoms with E-state index in [1.165, 1.54) is 0 Å². The first-order valence-electron chi connectivity index (χ1n) is 12.2. The lowest BCUT2D eigenvalue weighted by Crippen LogP contribution is -2.61. The Morgan fingerprint density at radius 1 is 1.03 bits per heavy atom. The number of nitrogens with one attached hydrogen (secondary N) is 1. The summed E-state index contributed by atoms with van der Waals surface area (Å²) in [4.78, 5) is 68.2. The number of nitrogens with zero attached hydrogens (tertiary/aromatic N) is 3. The van der Waals surface area contributed by atoms with Crippen molar-refractivity contribution in [2.45, 2.75) is 63.5 Å². The van der Waals surface area contributed by atoms with Crippen molar-refractivity contribution in [2.75, 3.05) is 26.3 Å². The molecule has 3 heterocycles. The molecule has 35 heavy (non-hydrogen) atoms. The van der Waals surface area contributed by atoms with Crippen LogP contribution in [-0.2, 0) is 19.1 Å². The maximum absolute atomic E-state index is 13.3. The topological polar surface area (TPSA) is 168 Å². The van der Waals surface area contributed by atoms with Crippen LogP contribution in [0.2, 0.25) is 0 Å². The number of urea groups is 2. The van der Waals surface area contributed by atoms with E-state index in [0.717, 1.165) is 22.6 Å². The number of carbonyl (C=O) groups excluding carboxylic acids is 5. The van der Waals surface area contributed by atoms with Gasteiger partial charge in [-0.2, -0.15) is 0 Å². The molecule has 0 aromatic carbocycles. The Hall–Kier alpha value is -3.15. The average molecular weight is 489 g/mol. The van der Waals surface area contributed by atoms with Gasteiger partial charge < -0.3 is 21.1 Å². The molecule has 0 aromatic rings. The minimum atomic E-state index is -0.961. The number of nitrogens with two attached hydrogens (primary N) is 2. The van der Waals surface area contributed by atoms with E-state index in [1.807, 2.05) is 0 Å². The highest BCUT2D eigenvalue weighted by molar-refractivity contribution is 6.29. The Kier molecular flexibility index (Phi) is 5.53. The lowest BCUT2D eigenvalue weighted by atomic mass is 9.72. The number of barbiturate groups is 1. The van der Waals surface area contributed by atoms with Crippen molar-refractivity contribution < 1.29 is 28.7 Å². The van der Waals surface area contributed by atoms with Crippen molar-refractivity contribution in [3.63, 3.8) is 0 Å². The second kappa shape index (κ2) is 8.21. The van der Waals surface area contributed by atoms with Gasteiger partial charge in [0.25, 0.3) is 17.7 Å². The number of hydrogen-bond acceptors (Lipinski definition) is 8. The van der Waals surface area contributed by atoms with E-state index in [2.05, 4.69) is 12.2 Å². The standard InChI is InChI=1S/C23H32N6O6/c1-22(11-28-20(33)26-19(32)23(28)8-9-35-12-23)6-4-14(5-7-22)29-18(31)15(16(24)25)17(30)27(21(29)34)10-13-2-3-13/h13-14H,2-12,24-25H2,1H3,(H,26,32,33)/t14?,22?,23-/m0/s1. The molecular weight excluding hydrogens is 456 g/mol. The summed E-state index contributed by atoms with van der Waals surface area (Å²) in [6, 6.07) is -1.44. The van der Waals surface area contributed by atoms with Crippen LogP contribution in [0.15, 0.2) is 11.4 Å². The zero-order chi connectivity index (χ0) is 25.1. The van der Waals surface area contributed by atoms with Crippen LogP contribution in [0.25, 0.3) is 0 Å². The molecule has 3 aliphatic heterocycles. The molecule has 0 unspecified atom stereocenters. The van der Waals surface area contributed by atoms with Gasteiger partial charge in [-0.1, -0.05) is 6.92 Å². The molecule has 3 saturated heterocycles. The third-order valence-electron chi connectivity index (χ3n) is 8.23. The zero-order valence-electron chi connectivity index (χ0n) is 19.9. The number of hydrogen-bond donors (Lipinski definition) is 3. The van der Waals surface area contributed by atoms with Crippen molar-refractivity contribution in [3.8, 4) is 0 Å². The molecule has 12 nitrogen and oxygen atoms in total. The number of carbonyl (C=O) groups is 5. The van der Waals surface area contributed by atoms with E-state index < -0.39 is 35.5 Å². The fourth-order valence-electron chi connectivity index (χ4n) is 5.80. The summed E-state index contributed by atoms with van der Waals surface area (Å²) in [6.45, 7) is 3.28. The maximum Gasteiger partial charge on any atom is 0.334 e. The minimum Gasteiger partial charge on any atom is -0.385 e. The predicted molar refractivity (Wildman–Crippen MR) is 121 cm³/mol. The van der Waals surface area contributed by atoms with Gasteiger partial charge in [0.15, 0.2) is 0 Å². The van der Waals surface area contributed by atoms with Gasteiger partial charge in [0.1, 0.15) is 16.9 Å². The molecule has 5 aliphatic rings. The lowest BCUT2D eigenvalue weighted by molar-refractivity contribution is -0.138. The van der Waals surface area contributed by atoms with Crippen LogP contribution < -0.4 is 16.8 Å². The van der Waals surface area contributed by atoms with Crippen LogP contribution in [0.1, 0.15) is 51.9 Å². The third kappa shape index (κ3) is 3.83. The van der Waals surface area contributed by atoms with E-state index in [1.54, 1.807) is 4.90 Å². The molecule has 1 atom stereocenters. The number of amides is 7. The average Bonchev–Trinajstić information content (AvgIpc) is 3.43. The Balaban J connectivity index is 1.31. The van der Waals surface area contributed by atoms with Gasteiger partial charge in [-0.25, -0.2) is 9.59 Å². The monoisotopic (exact) mass is 488 g/mol. The fraction of sp³-hybridized carbons (Fsp3) is 0.696. The highest BCUT2D eigenvalue weighted by atomic mass is 16.5. The molecular formula is C23H32N6O6. The summed E-state index contributed by atoms with van der Waals surface area (Å²) in [7, 11) is 0. The number of ether oxygens (including phenoxy) is 1. The molecule has 7 amide bonds. The summed E-state index contributed by atoms with van der Waals surface area (Å²) in [5.41, 5.74) is 9.74. The zero-order valence-corrected chi connectivity index (χ0v) is 19.9. The van der Waals surface area contributed by atoms with E-state index in [4.69, 9.17) is 16.2 Å². The van der Waals surface area contributed by atoms with Crippen LogP contribution >= 0.6 is 0 Å². The van der Waals surface area contributed by atoms with Gasteiger partial charge in [-0.05, 0) is 49.9 Å². The quantitative estimate of drug-likeness (QED) is 0.275. The Bertz CT molecular complexity index is 1020. The van der Waals surface area contributed by atoms with Gasteiger partial charge >= 0.3 is 12.1 Å². The molecule has 5 N–H and O–H groups in total. The highest BCUT2D eigenvalue weighted by Crippen LogP contribution is 2.43. The van der Waals surface area contributed by atoms with Crippen LogP contribution in [0, 0.1) is 11.3 Å². The van der Waals surface area contributed by atoms with Gasteiger partial charge in [-0.3, -0.25) is 29.5 Å². The third-order valence-corrected chi connectivity index (χ3v) is 8.23. The molecule has 12 heteroatoms. The second-order valence-electron chi connectivity index (χ2n) is 10.9. The van der Waals surface area contributed by atoms with Crippen LogP contribution in [0.5, 0.6) is 0 Å². The molecule has 5 rings (SSSR count). The molecule has 1 spiro atoms. The van der Waals surface area contributed by atoms with E-state index in [0.29, 0.717) is 45.3 Å². The first-order chi connectivity index (χ1) is 16.6. The Labute approximate surface area is 202 Å². The van der Waals surface area contributed by atoms with Crippen LogP contribution in [0.4, 0.5) is 9.59 Å². The normalized spacial score (nSPS) is 33.9. The summed E-state index contributed by atoms with van der Waals surface area (Å²) < 4.78 is 5.46. The van der Waals surface area contributed by atoms with Crippen molar-refractivity contribution in [2.24, 2.45) is 22.8 Å². The van der Waals surface area contributed by atoms with E-state index >= 15 is 0 Å². The highest BCUT2D eigenvalue weighted by Gasteiger charge is 2.57. The summed E-state index contributed by atoms with van der Waals surface area (Å²) in [6.07, 6.45) is 4.58. The van der Waals surface area contributed by atoms with E-state index in [-0.39, 0.29) is 41.8 Å². The molecule has 2 aliphatic carbocycles. The number of imide groups is 3. The maximum atomic E-state index is 13.3. The molecule has 190 valence electrons. The largest absolute Gasteiger partial charge is 0.385 e. The van der Waals surface area contributed by atoms with Crippen molar-refractivity contribution in [1.29, 1.82) is 0 Å². The lowest BCUT2D eigenvalue weighted by Gasteiger charge is -2.46. The van der Waals surface area contributed by atoms with Crippen LogP contribution in [-0.4, -0.2) is 82.4 Å². The van der Waals surface area contributed by atoms with Crippen molar-refractivity contribution in [1.82, 2.24) is 20.0 Å². The molecule has 5 fully saturated rings. The van der Waals surface area contributed by atoms with Crippen molar-refractivity contribution >= 4 is 29.8 Å². The first-order valence-corrected chi connectivity index (χ1v) is 12.2. The minimum absolute atomic E-state index is 0.181. The SMILES string of the molecule is CC1(CN2C(=O)NC(=O)[C@@]23CCOC3)CCC(N2C(=O)C(=C(N)N)C(=O)N(CC3CC3)C2=O)CC1. The van der Waals surface area contributed by atoms with Crippen molar-refractivity contribution in [3.05, 3.63) is 11.4 Å². The van der Waals surface area contributed by atoms with Gasteiger partial charge in [0.2, 0.25) is 0 Å². The van der Waals surface area contributed by atoms with E-state index in [9.17, 15) is 24.0 Å². The van der Waals surface area contributed by atoms with Gasteiger partial charge in [0.05, 0.1) is 6.61 Å². The molecule has 2 saturated carbocycles. The Morgan fingerprint density at radius 2 is 1.71 bits per heavy atom.